The largest absolute Gasteiger partial charge is 0.496 e. The topological polar surface area (TPSA) is 55.8 Å². The van der Waals surface area contributed by atoms with Gasteiger partial charge in [-0.05, 0) is 42.9 Å². The van der Waals surface area contributed by atoms with Crippen molar-refractivity contribution in [1.29, 1.82) is 0 Å². The molecule has 0 bridgehead atoms. The van der Waals surface area contributed by atoms with Crippen molar-refractivity contribution < 1.29 is 19.4 Å². The van der Waals surface area contributed by atoms with Crippen molar-refractivity contribution in [1.82, 2.24) is 0 Å². The Bertz CT molecular complexity index is 530. The molecule has 4 nitrogen and oxygen atoms in total. The van der Waals surface area contributed by atoms with Gasteiger partial charge in [0, 0.05) is 5.56 Å². The Morgan fingerprint density at radius 2 is 1.95 bits per heavy atom. The Labute approximate surface area is 132 Å². The predicted octanol–water partition coefficient (Wildman–Crippen LogP) is 3.37. The van der Waals surface area contributed by atoms with Crippen molar-refractivity contribution in [3.63, 3.8) is 0 Å². The summed E-state index contributed by atoms with van der Waals surface area (Å²) in [6.45, 7) is 4.07. The monoisotopic (exact) mass is 306 g/mol. The number of benzene rings is 1. The van der Waals surface area contributed by atoms with Crippen LogP contribution in [0, 0.1) is 6.92 Å². The molecule has 0 amide bonds. The highest BCUT2D eigenvalue weighted by atomic mass is 16.5. The molecule has 0 spiro atoms. The van der Waals surface area contributed by atoms with E-state index in [1.54, 1.807) is 13.2 Å². The highest BCUT2D eigenvalue weighted by molar-refractivity contribution is 5.90. The first-order valence-electron chi connectivity index (χ1n) is 7.99. The number of carbonyl (C=O) groups excluding carboxylic acids is 1. The van der Waals surface area contributed by atoms with Crippen molar-refractivity contribution in [2.75, 3.05) is 20.3 Å². The second-order valence-electron chi connectivity index (χ2n) is 6.35. The maximum Gasteiger partial charge on any atom is 0.338 e. The molecule has 0 aromatic heterocycles. The number of rotatable bonds is 5. The van der Waals surface area contributed by atoms with E-state index in [4.69, 9.17) is 14.6 Å². The van der Waals surface area contributed by atoms with Crippen molar-refractivity contribution in [3.05, 3.63) is 28.8 Å². The van der Waals surface area contributed by atoms with E-state index in [1.165, 1.54) is 19.3 Å². The predicted molar refractivity (Wildman–Crippen MR) is 85.5 cm³/mol. The van der Waals surface area contributed by atoms with E-state index in [9.17, 15) is 4.79 Å². The van der Waals surface area contributed by atoms with Gasteiger partial charge in [0.2, 0.25) is 0 Å². The van der Waals surface area contributed by atoms with Crippen LogP contribution < -0.4 is 4.74 Å². The molecule has 1 aromatic rings. The van der Waals surface area contributed by atoms with Gasteiger partial charge in [0.25, 0.3) is 0 Å². The molecule has 122 valence electrons. The second kappa shape index (κ2) is 7.14. The van der Waals surface area contributed by atoms with Gasteiger partial charge in [-0.2, -0.15) is 0 Å². The average molecular weight is 306 g/mol. The van der Waals surface area contributed by atoms with E-state index in [0.717, 1.165) is 29.7 Å². The summed E-state index contributed by atoms with van der Waals surface area (Å²) in [5.41, 5.74) is 2.63. The minimum atomic E-state index is -0.388. The fourth-order valence-electron chi connectivity index (χ4n) is 3.43. The molecule has 1 aliphatic carbocycles. The smallest absolute Gasteiger partial charge is 0.338 e. The lowest BCUT2D eigenvalue weighted by Gasteiger charge is -2.35. The first kappa shape index (κ1) is 16.8. The zero-order chi connectivity index (χ0) is 16.2. The molecule has 1 fully saturated rings. The Kier molecular flexibility index (Phi) is 5.46. The maximum atomic E-state index is 12.1. The van der Waals surface area contributed by atoms with Gasteiger partial charge < -0.3 is 14.6 Å². The first-order valence-corrected chi connectivity index (χ1v) is 7.99. The standard InChI is InChI=1S/C18H26O4/c1-13-11-14(17(20)22-10-9-19)12-15(16(13)21-3)18(2)7-5-4-6-8-18/h11-12,19H,4-10H2,1-3H3. The van der Waals surface area contributed by atoms with Gasteiger partial charge in [0.05, 0.1) is 19.3 Å². The zero-order valence-electron chi connectivity index (χ0n) is 13.8. The molecule has 4 heteroatoms. The highest BCUT2D eigenvalue weighted by Crippen LogP contribution is 2.44. The number of esters is 1. The van der Waals surface area contributed by atoms with Crippen LogP contribution in [0.3, 0.4) is 0 Å². The lowest BCUT2D eigenvalue weighted by Crippen LogP contribution is -2.26. The quantitative estimate of drug-likeness (QED) is 0.847. The van der Waals surface area contributed by atoms with Crippen LogP contribution in [-0.2, 0) is 10.2 Å². The van der Waals surface area contributed by atoms with E-state index in [1.807, 2.05) is 13.0 Å². The van der Waals surface area contributed by atoms with Crippen molar-refractivity contribution >= 4 is 5.97 Å². The molecule has 0 radical (unpaired) electrons. The third-order valence-corrected chi connectivity index (χ3v) is 4.65. The fourth-order valence-corrected chi connectivity index (χ4v) is 3.43. The maximum absolute atomic E-state index is 12.1. The highest BCUT2D eigenvalue weighted by Gasteiger charge is 2.33. The van der Waals surface area contributed by atoms with E-state index in [-0.39, 0.29) is 24.6 Å². The lowest BCUT2D eigenvalue weighted by atomic mass is 9.70. The van der Waals surface area contributed by atoms with Crippen molar-refractivity contribution in [2.24, 2.45) is 0 Å². The number of aryl methyl sites for hydroxylation is 1. The third-order valence-electron chi connectivity index (χ3n) is 4.65. The van der Waals surface area contributed by atoms with Crippen LogP contribution in [0.4, 0.5) is 0 Å². The summed E-state index contributed by atoms with van der Waals surface area (Å²) in [4.78, 5) is 12.1. The number of hydrogen-bond acceptors (Lipinski definition) is 4. The summed E-state index contributed by atoms with van der Waals surface area (Å²) in [6, 6.07) is 3.71. The Morgan fingerprint density at radius 1 is 1.27 bits per heavy atom. The number of carbonyl (C=O) groups is 1. The van der Waals surface area contributed by atoms with Crippen LogP contribution in [0.5, 0.6) is 5.75 Å². The number of ether oxygens (including phenoxy) is 2. The molecule has 1 aliphatic rings. The number of aliphatic hydroxyl groups is 1. The number of hydrogen-bond donors (Lipinski definition) is 1. The van der Waals surface area contributed by atoms with Gasteiger partial charge in [0.1, 0.15) is 12.4 Å². The van der Waals surface area contributed by atoms with Crippen LogP contribution in [0.1, 0.15) is 60.5 Å². The lowest BCUT2D eigenvalue weighted by molar-refractivity contribution is 0.0433. The van der Waals surface area contributed by atoms with Gasteiger partial charge in [-0.15, -0.1) is 0 Å². The van der Waals surface area contributed by atoms with Crippen LogP contribution in [0.15, 0.2) is 12.1 Å². The summed E-state index contributed by atoms with van der Waals surface area (Å²) < 4.78 is 10.7. The number of aliphatic hydroxyl groups excluding tert-OH is 1. The molecule has 0 atom stereocenters. The molecule has 1 N–H and O–H groups in total. The summed E-state index contributed by atoms with van der Waals surface area (Å²) in [5.74, 6) is 0.489. The Balaban J connectivity index is 2.42. The van der Waals surface area contributed by atoms with Crippen LogP contribution in [0.25, 0.3) is 0 Å². The number of methoxy groups -OCH3 is 1. The van der Waals surface area contributed by atoms with E-state index < -0.39 is 0 Å². The van der Waals surface area contributed by atoms with Gasteiger partial charge in [0.15, 0.2) is 0 Å². The molecule has 22 heavy (non-hydrogen) atoms. The van der Waals surface area contributed by atoms with Crippen molar-refractivity contribution in [2.45, 2.75) is 51.4 Å². The molecule has 2 rings (SSSR count). The Hall–Kier alpha value is -1.55. The van der Waals surface area contributed by atoms with Gasteiger partial charge in [-0.1, -0.05) is 26.2 Å². The summed E-state index contributed by atoms with van der Waals surface area (Å²) in [7, 11) is 1.68. The molecular weight excluding hydrogens is 280 g/mol. The van der Waals surface area contributed by atoms with Crippen LogP contribution in [0.2, 0.25) is 0 Å². The normalized spacial score (nSPS) is 17.1. The first-order chi connectivity index (χ1) is 10.5. The van der Waals surface area contributed by atoms with E-state index in [0.29, 0.717) is 5.56 Å². The van der Waals surface area contributed by atoms with Crippen LogP contribution >= 0.6 is 0 Å². The van der Waals surface area contributed by atoms with E-state index >= 15 is 0 Å². The molecule has 0 unspecified atom stereocenters. The molecule has 0 heterocycles. The fraction of sp³-hybridized carbons (Fsp3) is 0.611. The average Bonchev–Trinajstić information content (AvgIpc) is 2.52. The molecule has 0 aliphatic heterocycles. The Morgan fingerprint density at radius 3 is 2.55 bits per heavy atom. The zero-order valence-corrected chi connectivity index (χ0v) is 13.8. The van der Waals surface area contributed by atoms with Crippen LogP contribution in [-0.4, -0.2) is 31.4 Å². The van der Waals surface area contributed by atoms with Gasteiger partial charge >= 0.3 is 5.97 Å². The van der Waals surface area contributed by atoms with Crippen molar-refractivity contribution in [3.8, 4) is 5.75 Å². The minimum Gasteiger partial charge on any atom is -0.496 e. The SMILES string of the molecule is COc1c(C)cc(C(=O)OCCO)cc1C1(C)CCCCC1. The molecule has 1 saturated carbocycles. The summed E-state index contributed by atoms with van der Waals surface area (Å²) in [5, 5.41) is 8.80. The second-order valence-corrected chi connectivity index (χ2v) is 6.35. The van der Waals surface area contributed by atoms with Gasteiger partial charge in [-0.3, -0.25) is 0 Å². The molecule has 0 saturated heterocycles. The minimum absolute atomic E-state index is 0.0243. The summed E-state index contributed by atoms with van der Waals surface area (Å²) >= 11 is 0. The summed E-state index contributed by atoms with van der Waals surface area (Å²) in [6.07, 6.45) is 5.90. The third kappa shape index (κ3) is 3.43. The molecular formula is C18H26O4. The van der Waals surface area contributed by atoms with Gasteiger partial charge in [-0.25, -0.2) is 4.79 Å². The molecule has 1 aromatic carbocycles. The van der Waals surface area contributed by atoms with E-state index in [2.05, 4.69) is 6.92 Å².